The molecule has 1 N–H and O–H groups in total. The molecule has 0 radical (unpaired) electrons. The van der Waals surface area contributed by atoms with Crippen LogP contribution in [0.3, 0.4) is 0 Å². The van der Waals surface area contributed by atoms with E-state index in [0.717, 1.165) is 26.2 Å². The van der Waals surface area contributed by atoms with Crippen LogP contribution in [0.1, 0.15) is 24.2 Å². The molecular weight excluding hydrogens is 271 g/mol. The zero-order chi connectivity index (χ0) is 15.5. The number of aromatic nitrogens is 1. The number of carbonyl (C=O) groups is 1. The quantitative estimate of drug-likeness (QED) is 0.841. The van der Waals surface area contributed by atoms with Crippen LogP contribution >= 0.6 is 0 Å². The van der Waals surface area contributed by atoms with Crippen LogP contribution in [0.15, 0.2) is 18.3 Å². The third-order valence-corrected chi connectivity index (χ3v) is 4.04. The highest BCUT2D eigenvalue weighted by Gasteiger charge is 2.29. The monoisotopic (exact) mass is 294 g/mol. The van der Waals surface area contributed by atoms with Gasteiger partial charge in [0.05, 0.1) is 5.56 Å². The van der Waals surface area contributed by atoms with Gasteiger partial charge in [-0.15, -0.1) is 0 Å². The Morgan fingerprint density at radius 1 is 1.38 bits per heavy atom. The number of nitrogens with zero attached hydrogens (tertiary/aromatic N) is 3. The molecule has 0 atom stereocenters. The fourth-order valence-corrected chi connectivity index (χ4v) is 2.47. The Hall–Kier alpha value is -1.53. The number of amides is 1. The van der Waals surface area contributed by atoms with Gasteiger partial charge in [0.1, 0.15) is 0 Å². The molecule has 1 saturated heterocycles. The Labute approximate surface area is 125 Å². The normalized spacial score (nSPS) is 17.7. The molecule has 6 heteroatoms. The van der Waals surface area contributed by atoms with Crippen LogP contribution < -0.4 is 5.32 Å². The van der Waals surface area contributed by atoms with E-state index >= 15 is 0 Å². The van der Waals surface area contributed by atoms with E-state index in [1.165, 1.54) is 12.3 Å². The van der Waals surface area contributed by atoms with Crippen molar-refractivity contribution in [1.82, 2.24) is 20.1 Å². The average molecular weight is 294 g/mol. The van der Waals surface area contributed by atoms with E-state index in [0.29, 0.717) is 6.54 Å². The van der Waals surface area contributed by atoms with E-state index in [4.69, 9.17) is 0 Å². The molecule has 1 aromatic rings. The Bertz CT molecular complexity index is 498. The molecule has 1 aromatic heterocycles. The number of hydrogen-bond acceptors (Lipinski definition) is 4. The van der Waals surface area contributed by atoms with E-state index in [9.17, 15) is 9.18 Å². The van der Waals surface area contributed by atoms with Crippen LogP contribution in [0.25, 0.3) is 0 Å². The Kier molecular flexibility index (Phi) is 4.90. The van der Waals surface area contributed by atoms with Gasteiger partial charge in [-0.3, -0.25) is 9.69 Å². The van der Waals surface area contributed by atoms with Gasteiger partial charge in [-0.2, -0.15) is 4.39 Å². The second-order valence-corrected chi connectivity index (χ2v) is 6.13. The van der Waals surface area contributed by atoms with Crippen LogP contribution in [0.4, 0.5) is 4.39 Å². The first-order valence-corrected chi connectivity index (χ1v) is 7.22. The van der Waals surface area contributed by atoms with Gasteiger partial charge >= 0.3 is 0 Å². The van der Waals surface area contributed by atoms with Crippen molar-refractivity contribution < 1.29 is 9.18 Å². The van der Waals surface area contributed by atoms with Gasteiger partial charge in [0.15, 0.2) is 0 Å². The molecule has 0 spiro atoms. The van der Waals surface area contributed by atoms with Crippen LogP contribution in [-0.4, -0.2) is 66.0 Å². The molecule has 0 unspecified atom stereocenters. The molecule has 0 bridgehead atoms. The molecule has 116 valence electrons. The third-order valence-electron chi connectivity index (χ3n) is 4.04. The van der Waals surface area contributed by atoms with Crippen LogP contribution in [0.5, 0.6) is 0 Å². The molecule has 1 amide bonds. The predicted molar refractivity (Wildman–Crippen MR) is 79.7 cm³/mol. The average Bonchev–Trinajstić information content (AvgIpc) is 2.46. The molecule has 5 nitrogen and oxygen atoms in total. The fraction of sp³-hybridized carbons (Fsp3) is 0.600. The molecule has 1 aliphatic heterocycles. The van der Waals surface area contributed by atoms with Gasteiger partial charge in [-0.25, -0.2) is 4.98 Å². The zero-order valence-corrected chi connectivity index (χ0v) is 12.9. The summed E-state index contributed by atoms with van der Waals surface area (Å²) in [6, 6.07) is 3.00. The van der Waals surface area contributed by atoms with Gasteiger partial charge < -0.3 is 10.2 Å². The molecule has 2 rings (SSSR count). The summed E-state index contributed by atoms with van der Waals surface area (Å²) < 4.78 is 13.5. The van der Waals surface area contributed by atoms with Gasteiger partial charge in [0, 0.05) is 44.5 Å². The number of halogens is 1. The van der Waals surface area contributed by atoms with Crippen LogP contribution in [0.2, 0.25) is 0 Å². The number of piperazine rings is 1. The largest absolute Gasteiger partial charge is 0.350 e. The first-order chi connectivity index (χ1) is 9.90. The predicted octanol–water partition coefficient (Wildman–Crippen LogP) is 0.976. The molecule has 21 heavy (non-hydrogen) atoms. The molecule has 1 aliphatic rings. The second-order valence-electron chi connectivity index (χ2n) is 6.13. The number of likely N-dealkylation sites (N-methyl/N-ethyl adjacent to an activating group) is 1. The van der Waals surface area contributed by atoms with E-state index < -0.39 is 11.9 Å². The summed E-state index contributed by atoms with van der Waals surface area (Å²) in [5.74, 6) is -1.14. The van der Waals surface area contributed by atoms with Crippen molar-refractivity contribution in [2.75, 3.05) is 39.8 Å². The molecule has 0 aliphatic carbocycles. The Morgan fingerprint density at radius 3 is 2.67 bits per heavy atom. The summed E-state index contributed by atoms with van der Waals surface area (Å²) in [6.07, 6.45) is 1.33. The topological polar surface area (TPSA) is 48.5 Å². The van der Waals surface area contributed by atoms with Crippen molar-refractivity contribution in [3.05, 3.63) is 29.8 Å². The standard InChI is InChI=1S/C15H23FN4O/c1-15(2,20-9-7-19(3)8-10-20)11-18-14(21)12-5-4-6-17-13(12)16/h4-6H,7-11H2,1-3H3,(H,18,21). The lowest BCUT2D eigenvalue weighted by atomic mass is 10.0. The third kappa shape index (κ3) is 3.98. The highest BCUT2D eigenvalue weighted by atomic mass is 19.1. The molecular formula is C15H23FN4O. The van der Waals surface area contributed by atoms with Crippen molar-refractivity contribution >= 4 is 5.91 Å². The van der Waals surface area contributed by atoms with Crippen molar-refractivity contribution in [2.45, 2.75) is 19.4 Å². The summed E-state index contributed by atoms with van der Waals surface area (Å²) in [4.78, 5) is 20.2. The molecule has 2 heterocycles. The van der Waals surface area contributed by atoms with Crippen molar-refractivity contribution in [3.63, 3.8) is 0 Å². The molecule has 1 fully saturated rings. The smallest absolute Gasteiger partial charge is 0.255 e. The minimum Gasteiger partial charge on any atom is -0.350 e. The molecule has 0 saturated carbocycles. The van der Waals surface area contributed by atoms with Gasteiger partial charge in [-0.1, -0.05) is 0 Å². The minimum atomic E-state index is -0.729. The summed E-state index contributed by atoms with van der Waals surface area (Å²) in [6.45, 7) is 8.66. The number of rotatable bonds is 4. The van der Waals surface area contributed by atoms with E-state index in [-0.39, 0.29) is 11.1 Å². The number of pyridine rings is 1. The Balaban J connectivity index is 1.92. The number of carbonyl (C=O) groups excluding carboxylic acids is 1. The summed E-state index contributed by atoms with van der Waals surface area (Å²) in [7, 11) is 2.11. The lowest BCUT2D eigenvalue weighted by Gasteiger charge is -2.43. The maximum absolute atomic E-state index is 13.5. The highest BCUT2D eigenvalue weighted by Crippen LogP contribution is 2.16. The van der Waals surface area contributed by atoms with Gasteiger partial charge in [0.25, 0.3) is 5.91 Å². The lowest BCUT2D eigenvalue weighted by Crippen LogP contribution is -2.57. The van der Waals surface area contributed by atoms with Crippen LogP contribution in [-0.2, 0) is 0 Å². The lowest BCUT2D eigenvalue weighted by molar-refractivity contribution is 0.0587. The number of nitrogens with one attached hydrogen (secondary N) is 1. The van der Waals surface area contributed by atoms with Crippen LogP contribution in [0, 0.1) is 5.95 Å². The first kappa shape index (κ1) is 15.9. The van der Waals surface area contributed by atoms with Crippen molar-refractivity contribution in [3.8, 4) is 0 Å². The molecule has 0 aromatic carbocycles. The fourth-order valence-electron chi connectivity index (χ4n) is 2.47. The van der Waals surface area contributed by atoms with Gasteiger partial charge in [0.2, 0.25) is 5.95 Å². The van der Waals surface area contributed by atoms with E-state index in [2.05, 4.69) is 41.0 Å². The highest BCUT2D eigenvalue weighted by molar-refractivity contribution is 5.94. The van der Waals surface area contributed by atoms with Crippen molar-refractivity contribution in [2.24, 2.45) is 0 Å². The Morgan fingerprint density at radius 2 is 2.05 bits per heavy atom. The van der Waals surface area contributed by atoms with E-state index in [1.807, 2.05) is 0 Å². The second kappa shape index (κ2) is 6.49. The summed E-state index contributed by atoms with van der Waals surface area (Å²) >= 11 is 0. The SMILES string of the molecule is CN1CCN(C(C)(C)CNC(=O)c2cccnc2F)CC1. The zero-order valence-electron chi connectivity index (χ0n) is 12.9. The first-order valence-electron chi connectivity index (χ1n) is 7.22. The van der Waals surface area contributed by atoms with E-state index in [1.54, 1.807) is 6.07 Å². The maximum Gasteiger partial charge on any atom is 0.255 e. The van der Waals surface area contributed by atoms with Crippen molar-refractivity contribution in [1.29, 1.82) is 0 Å². The van der Waals surface area contributed by atoms with Gasteiger partial charge in [-0.05, 0) is 33.0 Å². The summed E-state index contributed by atoms with van der Waals surface area (Å²) in [5, 5.41) is 2.81. The maximum atomic E-state index is 13.5. The number of hydrogen-bond donors (Lipinski definition) is 1. The summed E-state index contributed by atoms with van der Waals surface area (Å²) in [5.41, 5.74) is -0.165. The minimum absolute atomic E-state index is 0.00771.